The van der Waals surface area contributed by atoms with Crippen molar-refractivity contribution in [1.82, 2.24) is 9.82 Å². The van der Waals surface area contributed by atoms with E-state index in [2.05, 4.69) is 4.98 Å². The highest BCUT2D eigenvalue weighted by molar-refractivity contribution is 7.89. The summed E-state index contributed by atoms with van der Waals surface area (Å²) in [4.78, 5) is 5.45. The molecule has 0 unspecified atom stereocenters. The third kappa shape index (κ3) is 8.10. The van der Waals surface area contributed by atoms with Gasteiger partial charge in [-0.25, -0.2) is 13.4 Å². The highest BCUT2D eigenvalue weighted by Crippen LogP contribution is 2.38. The van der Waals surface area contributed by atoms with E-state index in [-0.39, 0.29) is 17.1 Å². The summed E-state index contributed by atoms with van der Waals surface area (Å²) in [6.45, 7) is -2.55. The minimum Gasteiger partial charge on any atom is -0.353 e. The van der Waals surface area contributed by atoms with Crippen LogP contribution in [0.4, 0.5) is 51.0 Å². The van der Waals surface area contributed by atoms with Crippen molar-refractivity contribution in [3.8, 4) is 0 Å². The maximum Gasteiger partial charge on any atom is 0.417 e. The summed E-state index contributed by atoms with van der Waals surface area (Å²) < 4.78 is 141. The molecule has 0 saturated carbocycles. The van der Waals surface area contributed by atoms with Crippen LogP contribution in [-0.4, -0.2) is 44.6 Å². The molecule has 0 aliphatic rings. The van der Waals surface area contributed by atoms with Crippen molar-refractivity contribution in [3.63, 3.8) is 0 Å². The average molecular weight is 512 g/mol. The summed E-state index contributed by atoms with van der Waals surface area (Å²) in [7, 11) is -3.89. The van der Waals surface area contributed by atoms with Gasteiger partial charge in [-0.1, -0.05) is 6.92 Å². The van der Waals surface area contributed by atoms with Gasteiger partial charge in [0, 0.05) is 11.1 Å². The molecule has 0 bridgehead atoms. The van der Waals surface area contributed by atoms with Crippen LogP contribution in [0.15, 0.2) is 24.3 Å². The van der Waals surface area contributed by atoms with E-state index in [1.807, 2.05) is 10.3 Å². The monoisotopic (exact) mass is 512 g/mol. The number of fused-ring (bicyclic) bond motifs is 1. The lowest BCUT2D eigenvalue weighted by Gasteiger charge is -2.27. The van der Waals surface area contributed by atoms with Gasteiger partial charge in [-0.05, 0) is 30.7 Å². The Morgan fingerprint density at radius 1 is 0.939 bits per heavy atom. The summed E-state index contributed by atoms with van der Waals surface area (Å²) in [5, 5.41) is -0.767. The molecule has 0 radical (unpaired) electrons. The molecule has 16 heteroatoms. The van der Waals surface area contributed by atoms with Crippen LogP contribution < -0.4 is 15.2 Å². The molecule has 33 heavy (non-hydrogen) atoms. The predicted molar refractivity (Wildman–Crippen MR) is 102 cm³/mol. The number of alkyl halides is 9. The number of hydrazine groups is 1. The van der Waals surface area contributed by atoms with Crippen LogP contribution in [0.5, 0.6) is 0 Å². The molecule has 0 saturated heterocycles. The van der Waals surface area contributed by atoms with Gasteiger partial charge in [-0.15, -0.1) is 4.83 Å². The predicted octanol–water partition coefficient (Wildman–Crippen LogP) is 4.84. The van der Waals surface area contributed by atoms with Crippen molar-refractivity contribution in [3.05, 3.63) is 29.8 Å². The number of aromatic nitrogens is 1. The van der Waals surface area contributed by atoms with Crippen LogP contribution in [-0.2, 0) is 16.2 Å². The smallest absolute Gasteiger partial charge is 0.353 e. The van der Waals surface area contributed by atoms with E-state index >= 15 is 0 Å². The average Bonchev–Trinajstić information content (AvgIpc) is 2.61. The number of anilines is 2. The molecule has 0 atom stereocenters. The van der Waals surface area contributed by atoms with Crippen LogP contribution in [0.3, 0.4) is 0 Å². The van der Waals surface area contributed by atoms with Crippen molar-refractivity contribution >= 4 is 32.4 Å². The quantitative estimate of drug-likeness (QED) is 0.391. The van der Waals surface area contributed by atoms with Gasteiger partial charge in [0.05, 0.1) is 16.8 Å². The number of sulfonamides is 1. The number of nitrogens with one attached hydrogen (secondary N) is 2. The molecule has 2 N–H and O–H groups in total. The van der Waals surface area contributed by atoms with E-state index in [4.69, 9.17) is 0 Å². The van der Waals surface area contributed by atoms with Gasteiger partial charge in [0.25, 0.3) is 0 Å². The van der Waals surface area contributed by atoms with Gasteiger partial charge in [0.15, 0.2) is 0 Å². The second-order valence-electron chi connectivity index (χ2n) is 6.89. The van der Waals surface area contributed by atoms with Crippen LogP contribution in [0.2, 0.25) is 0 Å². The SMILES string of the molecule is CCCS(=O)(=O)NNc1cc(C(F)(F)F)c2cc(N(CC(F)(F)F)CC(F)(F)F)ccc2n1. The van der Waals surface area contributed by atoms with Crippen LogP contribution in [0.25, 0.3) is 10.9 Å². The van der Waals surface area contributed by atoms with E-state index < -0.39 is 69.6 Å². The van der Waals surface area contributed by atoms with Gasteiger partial charge in [0.1, 0.15) is 18.9 Å². The highest BCUT2D eigenvalue weighted by atomic mass is 32.2. The molecule has 186 valence electrons. The maximum atomic E-state index is 13.6. The first kappa shape index (κ1) is 26.8. The standard InChI is InChI=1S/C17H17F9N4O2S/c1-2-5-33(31,32)29-28-14-7-12(17(24,25)26)11-6-10(3-4-13(11)27-14)30(8-15(18,19)20)9-16(21,22)23/h3-4,6-7,29H,2,5,8-9H2,1H3,(H,27,28). The summed E-state index contributed by atoms with van der Waals surface area (Å²) in [5.74, 6) is -0.915. The molecular formula is C17H17F9N4O2S. The number of hydrogen-bond acceptors (Lipinski definition) is 5. The summed E-state index contributed by atoms with van der Waals surface area (Å²) in [6.07, 6.45) is -15.0. The molecule has 0 amide bonds. The minimum atomic E-state index is -5.09. The Hall–Kier alpha value is -2.49. The molecule has 6 nitrogen and oxygen atoms in total. The van der Waals surface area contributed by atoms with Crippen LogP contribution in [0.1, 0.15) is 18.9 Å². The van der Waals surface area contributed by atoms with E-state index in [1.54, 1.807) is 6.92 Å². The van der Waals surface area contributed by atoms with Crippen molar-refractivity contribution in [2.75, 3.05) is 29.2 Å². The largest absolute Gasteiger partial charge is 0.417 e. The Morgan fingerprint density at radius 2 is 1.52 bits per heavy atom. The summed E-state index contributed by atoms with van der Waals surface area (Å²) in [6, 6.07) is 2.48. The Morgan fingerprint density at radius 3 is 2.00 bits per heavy atom. The first-order valence-corrected chi connectivity index (χ1v) is 10.7. The topological polar surface area (TPSA) is 74.3 Å². The van der Waals surface area contributed by atoms with E-state index in [1.165, 1.54) is 0 Å². The second kappa shape index (κ2) is 9.40. The lowest BCUT2D eigenvalue weighted by atomic mass is 10.1. The zero-order valence-corrected chi connectivity index (χ0v) is 17.5. The zero-order chi connectivity index (χ0) is 25.2. The zero-order valence-electron chi connectivity index (χ0n) is 16.7. The maximum absolute atomic E-state index is 13.6. The van der Waals surface area contributed by atoms with Gasteiger partial charge in [0.2, 0.25) is 10.0 Å². The molecule has 1 aromatic carbocycles. The number of pyridine rings is 1. The van der Waals surface area contributed by atoms with Gasteiger partial charge >= 0.3 is 18.5 Å². The molecule has 1 aromatic heterocycles. The highest BCUT2D eigenvalue weighted by Gasteiger charge is 2.38. The fourth-order valence-electron chi connectivity index (χ4n) is 2.83. The number of nitrogens with zero attached hydrogens (tertiary/aromatic N) is 2. The molecular weight excluding hydrogens is 495 g/mol. The molecule has 0 spiro atoms. The fraction of sp³-hybridized carbons (Fsp3) is 0.471. The Bertz CT molecular complexity index is 1070. The Labute approximate surface area is 181 Å². The van der Waals surface area contributed by atoms with Gasteiger partial charge in [-0.3, -0.25) is 5.43 Å². The number of benzene rings is 1. The lowest BCUT2D eigenvalue weighted by Crippen LogP contribution is -2.40. The summed E-state index contributed by atoms with van der Waals surface area (Å²) >= 11 is 0. The van der Waals surface area contributed by atoms with Gasteiger partial charge in [-0.2, -0.15) is 39.5 Å². The third-order valence-electron chi connectivity index (χ3n) is 4.01. The van der Waals surface area contributed by atoms with Crippen LogP contribution in [0, 0.1) is 0 Å². The normalized spacial score (nSPS) is 13.4. The number of rotatable bonds is 8. The van der Waals surface area contributed by atoms with Gasteiger partial charge < -0.3 is 4.90 Å². The van der Waals surface area contributed by atoms with Crippen molar-refractivity contribution in [2.24, 2.45) is 0 Å². The number of hydrogen-bond donors (Lipinski definition) is 2. The Kier molecular flexibility index (Phi) is 7.62. The molecule has 2 rings (SSSR count). The molecule has 2 aromatic rings. The van der Waals surface area contributed by atoms with Crippen LogP contribution >= 0.6 is 0 Å². The van der Waals surface area contributed by atoms with Crippen molar-refractivity contribution in [1.29, 1.82) is 0 Å². The minimum absolute atomic E-state index is 0.148. The molecule has 1 heterocycles. The first-order chi connectivity index (χ1) is 14.9. The fourth-order valence-corrected chi connectivity index (χ4v) is 3.73. The first-order valence-electron chi connectivity index (χ1n) is 9.06. The van der Waals surface area contributed by atoms with Crippen molar-refractivity contribution < 1.29 is 47.9 Å². The third-order valence-corrected chi connectivity index (χ3v) is 5.37. The molecule has 0 fully saturated rings. The van der Waals surface area contributed by atoms with E-state index in [9.17, 15) is 47.9 Å². The molecule has 0 aliphatic heterocycles. The second-order valence-corrected chi connectivity index (χ2v) is 8.73. The number of halogens is 9. The lowest BCUT2D eigenvalue weighted by molar-refractivity contribution is -0.138. The Balaban J connectivity index is 2.55. The van der Waals surface area contributed by atoms with E-state index in [0.717, 1.165) is 12.1 Å². The molecule has 0 aliphatic carbocycles. The van der Waals surface area contributed by atoms with E-state index in [0.29, 0.717) is 12.1 Å². The van der Waals surface area contributed by atoms with Crippen molar-refractivity contribution in [2.45, 2.75) is 31.9 Å². The summed E-state index contributed by atoms with van der Waals surface area (Å²) in [5.41, 5.74) is -0.618.